The zero-order chi connectivity index (χ0) is 24.1. The van der Waals surface area contributed by atoms with Crippen LogP contribution < -0.4 is 14.8 Å². The molecule has 0 heterocycles. The van der Waals surface area contributed by atoms with Crippen molar-refractivity contribution < 1.29 is 19.1 Å². The quantitative estimate of drug-likeness (QED) is 0.561. The van der Waals surface area contributed by atoms with Gasteiger partial charge in [-0.1, -0.05) is 28.1 Å². The summed E-state index contributed by atoms with van der Waals surface area (Å²) in [5.74, 6) is 0.868. The molecule has 0 unspecified atom stereocenters. The van der Waals surface area contributed by atoms with E-state index >= 15 is 0 Å². The summed E-state index contributed by atoms with van der Waals surface area (Å²) in [5, 5.41) is 2.95. The first-order valence-corrected chi connectivity index (χ1v) is 11.3. The molecule has 2 amide bonds. The van der Waals surface area contributed by atoms with Crippen molar-refractivity contribution in [3.05, 3.63) is 57.6 Å². The fourth-order valence-electron chi connectivity index (χ4n) is 3.20. The molecule has 0 saturated carbocycles. The van der Waals surface area contributed by atoms with Crippen molar-refractivity contribution in [2.45, 2.75) is 59.7 Å². The van der Waals surface area contributed by atoms with Gasteiger partial charge in [-0.25, -0.2) is 0 Å². The lowest BCUT2D eigenvalue weighted by Crippen LogP contribution is -2.53. The molecule has 0 aromatic heterocycles. The van der Waals surface area contributed by atoms with Gasteiger partial charge in [0.05, 0.1) is 7.11 Å². The molecule has 32 heavy (non-hydrogen) atoms. The van der Waals surface area contributed by atoms with E-state index in [1.54, 1.807) is 18.9 Å². The van der Waals surface area contributed by atoms with Crippen LogP contribution in [0.5, 0.6) is 11.5 Å². The number of rotatable bonds is 8. The van der Waals surface area contributed by atoms with Crippen molar-refractivity contribution in [2.75, 3.05) is 13.7 Å². The average molecular weight is 505 g/mol. The summed E-state index contributed by atoms with van der Waals surface area (Å²) in [6.07, 6.45) is 0. The highest BCUT2D eigenvalue weighted by molar-refractivity contribution is 9.10. The van der Waals surface area contributed by atoms with Crippen molar-refractivity contribution in [1.82, 2.24) is 10.2 Å². The number of nitrogens with zero attached hydrogens (tertiary/aromatic N) is 1. The molecule has 0 saturated heterocycles. The molecule has 6 nitrogen and oxygen atoms in total. The Bertz CT molecular complexity index is 928. The average Bonchev–Trinajstić information content (AvgIpc) is 2.72. The van der Waals surface area contributed by atoms with Crippen LogP contribution in [0, 0.1) is 13.8 Å². The lowest BCUT2D eigenvalue weighted by Gasteiger charge is -2.31. The highest BCUT2D eigenvalue weighted by Crippen LogP contribution is 2.26. The molecule has 2 aromatic rings. The third kappa shape index (κ3) is 7.26. The Kier molecular flexibility index (Phi) is 8.73. The largest absolute Gasteiger partial charge is 0.497 e. The number of ether oxygens (including phenoxy) is 2. The Hall–Kier alpha value is -2.54. The summed E-state index contributed by atoms with van der Waals surface area (Å²) >= 11 is 3.54. The standard InChI is InChI=1S/C25H33BrN2O4/c1-16-12-21(13-17(2)23(16)26)32-15-22(29)28(18(3)24(30)27-25(4,5)6)14-19-8-10-20(31-7)11-9-19/h8-13,18H,14-15H2,1-7H3,(H,27,30)/t18-/m0/s1. The third-order valence-electron chi connectivity index (χ3n) is 4.95. The van der Waals surface area contributed by atoms with Crippen LogP contribution in [-0.2, 0) is 16.1 Å². The van der Waals surface area contributed by atoms with Crippen LogP contribution >= 0.6 is 15.9 Å². The molecule has 0 radical (unpaired) electrons. The van der Waals surface area contributed by atoms with Gasteiger partial charge in [-0.15, -0.1) is 0 Å². The number of carbonyl (C=O) groups is 2. The van der Waals surface area contributed by atoms with Crippen LogP contribution in [0.25, 0.3) is 0 Å². The number of hydrogen-bond donors (Lipinski definition) is 1. The minimum absolute atomic E-state index is 0.163. The molecule has 0 aliphatic heterocycles. The van der Waals surface area contributed by atoms with Crippen molar-refractivity contribution in [3.8, 4) is 11.5 Å². The van der Waals surface area contributed by atoms with E-state index in [1.165, 1.54) is 0 Å². The van der Waals surface area contributed by atoms with Crippen LogP contribution in [-0.4, -0.2) is 42.0 Å². The van der Waals surface area contributed by atoms with E-state index in [2.05, 4.69) is 21.2 Å². The van der Waals surface area contributed by atoms with Crippen molar-refractivity contribution in [2.24, 2.45) is 0 Å². The van der Waals surface area contributed by atoms with E-state index in [9.17, 15) is 9.59 Å². The normalized spacial score (nSPS) is 12.1. The van der Waals surface area contributed by atoms with Crippen LogP contribution in [0.1, 0.15) is 44.4 Å². The number of amides is 2. The van der Waals surface area contributed by atoms with E-state index in [0.29, 0.717) is 5.75 Å². The van der Waals surface area contributed by atoms with E-state index in [1.807, 2.05) is 71.0 Å². The number of carbonyl (C=O) groups excluding carboxylic acids is 2. The first-order valence-electron chi connectivity index (χ1n) is 10.5. The molecule has 0 bridgehead atoms. The fraction of sp³-hybridized carbons (Fsp3) is 0.440. The van der Waals surface area contributed by atoms with E-state index in [0.717, 1.165) is 26.9 Å². The maximum atomic E-state index is 13.2. The molecule has 0 aliphatic carbocycles. The number of nitrogens with one attached hydrogen (secondary N) is 1. The van der Waals surface area contributed by atoms with Gasteiger partial charge < -0.3 is 19.7 Å². The smallest absolute Gasteiger partial charge is 0.261 e. The molecule has 2 aromatic carbocycles. The van der Waals surface area contributed by atoms with Gasteiger partial charge in [0.25, 0.3) is 5.91 Å². The maximum Gasteiger partial charge on any atom is 0.261 e. The van der Waals surface area contributed by atoms with E-state index < -0.39 is 11.6 Å². The first-order chi connectivity index (χ1) is 14.9. The summed E-state index contributed by atoms with van der Waals surface area (Å²) in [4.78, 5) is 27.5. The van der Waals surface area contributed by atoms with Crippen LogP contribution in [0.2, 0.25) is 0 Å². The summed E-state index contributed by atoms with van der Waals surface area (Å²) in [5.41, 5.74) is 2.55. The first kappa shape index (κ1) is 25.7. The van der Waals surface area contributed by atoms with Gasteiger partial charge in [-0.3, -0.25) is 9.59 Å². The lowest BCUT2D eigenvalue weighted by atomic mass is 10.1. The number of aryl methyl sites for hydroxylation is 2. The summed E-state index contributed by atoms with van der Waals surface area (Å²) < 4.78 is 12.0. The summed E-state index contributed by atoms with van der Waals surface area (Å²) in [6, 6.07) is 10.5. The molecule has 174 valence electrons. The molecule has 2 rings (SSSR count). The SMILES string of the molecule is COc1ccc(CN(C(=O)COc2cc(C)c(Br)c(C)c2)[C@@H](C)C(=O)NC(C)(C)C)cc1. The molecule has 7 heteroatoms. The maximum absolute atomic E-state index is 13.2. The summed E-state index contributed by atoms with van der Waals surface area (Å²) in [7, 11) is 1.60. The Balaban J connectivity index is 2.21. The van der Waals surface area contributed by atoms with Crippen LogP contribution in [0.3, 0.4) is 0 Å². The molecule has 1 N–H and O–H groups in total. The Morgan fingerprint density at radius 3 is 2.12 bits per heavy atom. The second-order valence-corrected chi connectivity index (χ2v) is 9.74. The van der Waals surface area contributed by atoms with Crippen LogP contribution in [0.4, 0.5) is 0 Å². The third-order valence-corrected chi connectivity index (χ3v) is 6.20. The predicted molar refractivity (Wildman–Crippen MR) is 130 cm³/mol. The van der Waals surface area contributed by atoms with Gasteiger partial charge in [0.15, 0.2) is 6.61 Å². The van der Waals surface area contributed by atoms with E-state index in [-0.39, 0.29) is 25.0 Å². The number of methoxy groups -OCH3 is 1. The predicted octanol–water partition coefficient (Wildman–Crippen LogP) is 4.79. The van der Waals surface area contributed by atoms with Gasteiger partial charge in [-0.05, 0) is 82.5 Å². The number of benzene rings is 2. The van der Waals surface area contributed by atoms with E-state index in [4.69, 9.17) is 9.47 Å². The highest BCUT2D eigenvalue weighted by atomic mass is 79.9. The molecule has 0 aliphatic rings. The number of hydrogen-bond acceptors (Lipinski definition) is 4. The zero-order valence-electron chi connectivity index (χ0n) is 19.9. The van der Waals surface area contributed by atoms with Gasteiger partial charge in [0.2, 0.25) is 5.91 Å². The molecular formula is C25H33BrN2O4. The van der Waals surface area contributed by atoms with Crippen LogP contribution in [0.15, 0.2) is 40.9 Å². The number of halogens is 1. The monoisotopic (exact) mass is 504 g/mol. The second kappa shape index (κ2) is 10.9. The zero-order valence-corrected chi connectivity index (χ0v) is 21.5. The lowest BCUT2D eigenvalue weighted by molar-refractivity contribution is -0.142. The topological polar surface area (TPSA) is 67.9 Å². The summed E-state index contributed by atoms with van der Waals surface area (Å²) in [6.45, 7) is 11.5. The van der Waals surface area contributed by atoms with Gasteiger partial charge in [-0.2, -0.15) is 0 Å². The fourth-order valence-corrected chi connectivity index (χ4v) is 3.43. The van der Waals surface area contributed by atoms with Gasteiger partial charge in [0.1, 0.15) is 17.5 Å². The van der Waals surface area contributed by atoms with Crippen molar-refractivity contribution in [3.63, 3.8) is 0 Å². The molecular weight excluding hydrogens is 472 g/mol. The van der Waals surface area contributed by atoms with Gasteiger partial charge in [0, 0.05) is 16.6 Å². The Labute approximate surface area is 199 Å². The minimum atomic E-state index is -0.666. The van der Waals surface area contributed by atoms with Crippen molar-refractivity contribution in [1.29, 1.82) is 0 Å². The molecule has 0 spiro atoms. The second-order valence-electron chi connectivity index (χ2n) is 8.94. The van der Waals surface area contributed by atoms with Gasteiger partial charge >= 0.3 is 0 Å². The molecule has 1 atom stereocenters. The Morgan fingerprint density at radius 2 is 1.62 bits per heavy atom. The van der Waals surface area contributed by atoms with Crippen molar-refractivity contribution >= 4 is 27.7 Å². The Morgan fingerprint density at radius 1 is 1.06 bits per heavy atom. The minimum Gasteiger partial charge on any atom is -0.497 e. The highest BCUT2D eigenvalue weighted by Gasteiger charge is 2.28. The molecule has 0 fully saturated rings.